The molecule has 2 rings (SSSR count). The van der Waals surface area contributed by atoms with Crippen LogP contribution in [-0.4, -0.2) is 62.2 Å². The molecule has 0 saturated carbocycles. The van der Waals surface area contributed by atoms with E-state index in [9.17, 15) is 14.0 Å². The Morgan fingerprint density at radius 1 is 1.14 bits per heavy atom. The second-order valence-corrected chi connectivity index (χ2v) is 4.97. The van der Waals surface area contributed by atoms with Crippen LogP contribution in [0.5, 0.6) is 5.75 Å². The van der Waals surface area contributed by atoms with Gasteiger partial charge in [0.15, 0.2) is 0 Å². The Morgan fingerprint density at radius 2 is 1.77 bits per heavy atom. The highest BCUT2D eigenvalue weighted by atomic mass is 19.1. The summed E-state index contributed by atoms with van der Waals surface area (Å²) in [4.78, 5) is 26.9. The Hall–Kier alpha value is -2.31. The van der Waals surface area contributed by atoms with E-state index in [1.807, 2.05) is 0 Å². The molecule has 1 aromatic carbocycles. The number of nitrogens with zero attached hydrogens (tertiary/aromatic N) is 2. The monoisotopic (exact) mass is 310 g/mol. The molecule has 0 spiro atoms. The summed E-state index contributed by atoms with van der Waals surface area (Å²) >= 11 is 0. The predicted molar refractivity (Wildman–Crippen MR) is 77.2 cm³/mol. The molecule has 0 N–H and O–H groups in total. The Bertz CT molecular complexity index is 556. The molecule has 7 heteroatoms. The summed E-state index contributed by atoms with van der Waals surface area (Å²) in [5, 5.41) is 0. The van der Waals surface area contributed by atoms with Crippen LogP contribution in [0.15, 0.2) is 18.2 Å². The van der Waals surface area contributed by atoms with E-state index >= 15 is 0 Å². The largest absolute Gasteiger partial charge is 0.496 e. The van der Waals surface area contributed by atoms with Crippen LogP contribution in [0.25, 0.3) is 0 Å². The lowest BCUT2D eigenvalue weighted by Gasteiger charge is -2.34. The van der Waals surface area contributed by atoms with E-state index in [-0.39, 0.29) is 18.4 Å². The SMILES string of the molecule is COC(=O)N1CCN(C(=O)Cc2cc(F)ccc2OC)CC1. The first-order valence-corrected chi connectivity index (χ1v) is 6.98. The van der Waals surface area contributed by atoms with Crippen molar-refractivity contribution in [3.63, 3.8) is 0 Å². The molecule has 1 aliphatic heterocycles. The molecule has 0 aliphatic carbocycles. The fourth-order valence-electron chi connectivity index (χ4n) is 2.43. The van der Waals surface area contributed by atoms with Crippen molar-refractivity contribution in [2.24, 2.45) is 0 Å². The van der Waals surface area contributed by atoms with Gasteiger partial charge in [-0.1, -0.05) is 0 Å². The zero-order valence-electron chi connectivity index (χ0n) is 12.7. The van der Waals surface area contributed by atoms with Crippen molar-refractivity contribution < 1.29 is 23.5 Å². The third kappa shape index (κ3) is 3.66. The van der Waals surface area contributed by atoms with E-state index < -0.39 is 5.82 Å². The third-order valence-corrected chi connectivity index (χ3v) is 3.65. The van der Waals surface area contributed by atoms with Crippen LogP contribution in [0, 0.1) is 5.82 Å². The van der Waals surface area contributed by atoms with Crippen LogP contribution in [0.1, 0.15) is 5.56 Å². The topological polar surface area (TPSA) is 59.1 Å². The first-order chi connectivity index (χ1) is 10.5. The van der Waals surface area contributed by atoms with E-state index in [1.165, 1.54) is 32.4 Å². The number of amides is 2. The van der Waals surface area contributed by atoms with Gasteiger partial charge in [0.05, 0.1) is 20.6 Å². The van der Waals surface area contributed by atoms with Gasteiger partial charge < -0.3 is 19.3 Å². The number of piperazine rings is 1. The van der Waals surface area contributed by atoms with Gasteiger partial charge in [-0.2, -0.15) is 0 Å². The Morgan fingerprint density at radius 3 is 2.36 bits per heavy atom. The third-order valence-electron chi connectivity index (χ3n) is 3.65. The van der Waals surface area contributed by atoms with Crippen molar-refractivity contribution in [3.05, 3.63) is 29.6 Å². The number of ether oxygens (including phenoxy) is 2. The van der Waals surface area contributed by atoms with Gasteiger partial charge in [-0.15, -0.1) is 0 Å². The predicted octanol–water partition coefficient (Wildman–Crippen LogP) is 1.29. The van der Waals surface area contributed by atoms with E-state index in [1.54, 1.807) is 9.80 Å². The molecule has 0 aromatic heterocycles. The summed E-state index contributed by atoms with van der Waals surface area (Å²) in [6.45, 7) is 1.73. The Kier molecular flexibility index (Phi) is 5.19. The van der Waals surface area contributed by atoms with Crippen molar-refractivity contribution in [1.29, 1.82) is 0 Å². The number of halogens is 1. The fourth-order valence-corrected chi connectivity index (χ4v) is 2.43. The Balaban J connectivity index is 1.96. The van der Waals surface area contributed by atoms with E-state index in [4.69, 9.17) is 4.74 Å². The minimum atomic E-state index is -0.404. The quantitative estimate of drug-likeness (QED) is 0.844. The minimum Gasteiger partial charge on any atom is -0.496 e. The minimum absolute atomic E-state index is 0.0686. The lowest BCUT2D eigenvalue weighted by atomic mass is 10.1. The van der Waals surface area contributed by atoms with Crippen molar-refractivity contribution in [1.82, 2.24) is 9.80 Å². The van der Waals surface area contributed by atoms with Crippen molar-refractivity contribution in [3.8, 4) is 5.75 Å². The molecule has 0 bridgehead atoms. The van der Waals surface area contributed by atoms with E-state index in [0.29, 0.717) is 37.5 Å². The summed E-state index contributed by atoms with van der Waals surface area (Å²) in [7, 11) is 2.81. The van der Waals surface area contributed by atoms with E-state index in [2.05, 4.69) is 4.74 Å². The molecule has 0 unspecified atom stereocenters. The van der Waals surface area contributed by atoms with Gasteiger partial charge in [-0.25, -0.2) is 9.18 Å². The maximum atomic E-state index is 13.3. The van der Waals surface area contributed by atoms with Crippen molar-refractivity contribution in [2.75, 3.05) is 40.4 Å². The lowest BCUT2D eigenvalue weighted by Crippen LogP contribution is -2.50. The number of carbonyl (C=O) groups excluding carboxylic acids is 2. The van der Waals surface area contributed by atoms with Crippen LogP contribution in [0.2, 0.25) is 0 Å². The number of hydrogen-bond acceptors (Lipinski definition) is 4. The maximum absolute atomic E-state index is 13.3. The van der Waals surface area contributed by atoms with Crippen molar-refractivity contribution in [2.45, 2.75) is 6.42 Å². The van der Waals surface area contributed by atoms with Gasteiger partial charge in [0.2, 0.25) is 5.91 Å². The van der Waals surface area contributed by atoms with Gasteiger partial charge in [0, 0.05) is 31.7 Å². The van der Waals surface area contributed by atoms with E-state index in [0.717, 1.165) is 0 Å². The first-order valence-electron chi connectivity index (χ1n) is 6.98. The molecule has 1 heterocycles. The Labute approximate surface area is 128 Å². The summed E-state index contributed by atoms with van der Waals surface area (Å²) in [5.41, 5.74) is 0.517. The molecule has 22 heavy (non-hydrogen) atoms. The van der Waals surface area contributed by atoms with Gasteiger partial charge in [-0.05, 0) is 18.2 Å². The molecule has 120 valence electrons. The number of rotatable bonds is 3. The molecular formula is C15H19FN2O4. The fraction of sp³-hybridized carbons (Fsp3) is 0.467. The molecule has 1 fully saturated rings. The van der Waals surface area contributed by atoms with Crippen molar-refractivity contribution >= 4 is 12.0 Å². The molecule has 2 amide bonds. The van der Waals surface area contributed by atoms with Crippen LogP contribution >= 0.6 is 0 Å². The zero-order chi connectivity index (χ0) is 16.1. The zero-order valence-corrected chi connectivity index (χ0v) is 12.7. The van der Waals surface area contributed by atoms with Crippen LogP contribution < -0.4 is 4.74 Å². The highest BCUT2D eigenvalue weighted by Crippen LogP contribution is 2.20. The van der Waals surface area contributed by atoms with Gasteiger partial charge in [-0.3, -0.25) is 4.79 Å². The van der Waals surface area contributed by atoms with Gasteiger partial charge >= 0.3 is 6.09 Å². The highest BCUT2D eigenvalue weighted by Gasteiger charge is 2.25. The number of hydrogen-bond donors (Lipinski definition) is 0. The average Bonchev–Trinajstić information content (AvgIpc) is 2.54. The molecular weight excluding hydrogens is 291 g/mol. The van der Waals surface area contributed by atoms with Gasteiger partial charge in [0.1, 0.15) is 11.6 Å². The summed E-state index contributed by atoms with van der Waals surface area (Å²) < 4.78 is 23.1. The number of methoxy groups -OCH3 is 2. The number of benzene rings is 1. The lowest BCUT2D eigenvalue weighted by molar-refractivity contribution is -0.132. The average molecular weight is 310 g/mol. The second-order valence-electron chi connectivity index (χ2n) is 4.97. The summed E-state index contributed by atoms with van der Waals surface area (Å²) in [5.74, 6) is -0.0320. The molecule has 6 nitrogen and oxygen atoms in total. The maximum Gasteiger partial charge on any atom is 0.409 e. The summed E-state index contributed by atoms with van der Waals surface area (Å²) in [6.07, 6.45) is -0.321. The number of carbonyl (C=O) groups is 2. The molecule has 1 aromatic rings. The first kappa shape index (κ1) is 16.1. The second kappa shape index (κ2) is 7.11. The summed E-state index contributed by atoms with van der Waals surface area (Å²) in [6, 6.07) is 4.11. The standard InChI is InChI=1S/C15H19FN2O4/c1-21-13-4-3-12(16)9-11(13)10-14(19)17-5-7-18(8-6-17)15(20)22-2/h3-4,9H,5-8,10H2,1-2H3. The highest BCUT2D eigenvalue weighted by molar-refractivity contribution is 5.80. The smallest absolute Gasteiger partial charge is 0.409 e. The van der Waals surface area contributed by atoms with Crippen LogP contribution in [-0.2, 0) is 16.0 Å². The van der Waals surface area contributed by atoms with Gasteiger partial charge in [0.25, 0.3) is 0 Å². The normalized spacial score (nSPS) is 14.7. The molecule has 1 saturated heterocycles. The molecule has 0 radical (unpaired) electrons. The molecule has 1 aliphatic rings. The van der Waals surface area contributed by atoms with Crippen LogP contribution in [0.4, 0.5) is 9.18 Å². The van der Waals surface area contributed by atoms with Crippen LogP contribution in [0.3, 0.4) is 0 Å². The molecule has 0 atom stereocenters.